The highest BCUT2D eigenvalue weighted by molar-refractivity contribution is 5.22. The Balaban J connectivity index is 2.44. The summed E-state index contributed by atoms with van der Waals surface area (Å²) in [5.74, 6) is -6.36. The van der Waals surface area contributed by atoms with Gasteiger partial charge < -0.3 is 5.11 Å². The molecule has 1 aromatic heterocycles. The molecule has 94 valence electrons. The molecular formula is C9H7F5N2O. The standard InChI is InChI=1S/C9H7F5N2O/c10-8(11,9(12,13)14)5-3-6(17)16-7(15-5)4-1-2-4/h3-4H,1-2H2,(H,15,16,17). The Kier molecular flexibility index (Phi) is 2.48. The molecule has 0 aliphatic heterocycles. The van der Waals surface area contributed by atoms with Crippen LogP contribution in [0, 0.1) is 0 Å². The van der Waals surface area contributed by atoms with Gasteiger partial charge in [0.2, 0.25) is 5.88 Å². The molecule has 0 aromatic carbocycles. The lowest BCUT2D eigenvalue weighted by molar-refractivity contribution is -0.291. The topological polar surface area (TPSA) is 46.0 Å². The number of nitrogens with zero attached hydrogens (tertiary/aromatic N) is 2. The molecule has 1 aliphatic rings. The molecule has 0 unspecified atom stereocenters. The fraction of sp³-hybridized carbons (Fsp3) is 0.556. The summed E-state index contributed by atoms with van der Waals surface area (Å²) in [7, 11) is 0. The van der Waals surface area contributed by atoms with Gasteiger partial charge in [-0.25, -0.2) is 4.98 Å². The van der Waals surface area contributed by atoms with Crippen molar-refractivity contribution in [1.29, 1.82) is 0 Å². The van der Waals surface area contributed by atoms with Crippen LogP contribution in [0.3, 0.4) is 0 Å². The van der Waals surface area contributed by atoms with Gasteiger partial charge in [-0.3, -0.25) is 0 Å². The molecule has 1 N–H and O–H groups in total. The van der Waals surface area contributed by atoms with Crippen LogP contribution in [-0.4, -0.2) is 21.3 Å². The van der Waals surface area contributed by atoms with Gasteiger partial charge in [-0.15, -0.1) is 0 Å². The first-order chi connectivity index (χ1) is 7.72. The summed E-state index contributed by atoms with van der Waals surface area (Å²) in [4.78, 5) is 6.63. The van der Waals surface area contributed by atoms with Crippen molar-refractivity contribution in [3.63, 3.8) is 0 Å². The summed E-state index contributed by atoms with van der Waals surface area (Å²) in [5.41, 5.74) is -1.51. The molecule has 1 fully saturated rings. The van der Waals surface area contributed by atoms with Crippen molar-refractivity contribution < 1.29 is 27.1 Å². The van der Waals surface area contributed by atoms with Crippen LogP contribution >= 0.6 is 0 Å². The lowest BCUT2D eigenvalue weighted by atomic mass is 10.2. The Bertz CT molecular complexity index is 442. The van der Waals surface area contributed by atoms with Crippen LogP contribution in [-0.2, 0) is 5.92 Å². The monoisotopic (exact) mass is 254 g/mol. The van der Waals surface area contributed by atoms with Crippen LogP contribution < -0.4 is 0 Å². The van der Waals surface area contributed by atoms with Crippen LogP contribution in [0.5, 0.6) is 5.88 Å². The number of rotatable bonds is 2. The van der Waals surface area contributed by atoms with E-state index in [1.54, 1.807) is 0 Å². The van der Waals surface area contributed by atoms with E-state index in [-0.39, 0.29) is 17.8 Å². The van der Waals surface area contributed by atoms with Crippen LogP contribution in [0.1, 0.15) is 30.3 Å². The summed E-state index contributed by atoms with van der Waals surface area (Å²) >= 11 is 0. The van der Waals surface area contributed by atoms with Crippen molar-refractivity contribution in [3.05, 3.63) is 17.6 Å². The van der Waals surface area contributed by atoms with Crippen molar-refractivity contribution in [2.24, 2.45) is 0 Å². The van der Waals surface area contributed by atoms with E-state index in [1.807, 2.05) is 0 Å². The van der Waals surface area contributed by atoms with Gasteiger partial charge in [-0.1, -0.05) is 0 Å². The van der Waals surface area contributed by atoms with Gasteiger partial charge in [0.15, 0.2) is 0 Å². The smallest absolute Gasteiger partial charge is 0.459 e. The predicted molar refractivity (Wildman–Crippen MR) is 45.6 cm³/mol. The number of alkyl halides is 5. The average Bonchev–Trinajstić information content (AvgIpc) is 2.97. The first kappa shape index (κ1) is 12.0. The molecule has 1 heterocycles. The third-order valence-corrected chi connectivity index (χ3v) is 2.35. The maximum absolute atomic E-state index is 13.0. The zero-order valence-corrected chi connectivity index (χ0v) is 8.30. The first-order valence-corrected chi connectivity index (χ1v) is 4.75. The molecule has 0 spiro atoms. The molecule has 1 saturated carbocycles. The Hall–Kier alpha value is -1.47. The number of hydrogen-bond donors (Lipinski definition) is 1. The molecule has 0 amide bonds. The molecule has 1 aliphatic carbocycles. The van der Waals surface area contributed by atoms with Crippen LogP contribution in [0.4, 0.5) is 22.0 Å². The zero-order valence-electron chi connectivity index (χ0n) is 8.30. The maximum atomic E-state index is 13.0. The van der Waals surface area contributed by atoms with Gasteiger partial charge >= 0.3 is 12.1 Å². The quantitative estimate of drug-likeness (QED) is 0.825. The summed E-state index contributed by atoms with van der Waals surface area (Å²) in [6.07, 6.45) is -4.49. The molecule has 0 bridgehead atoms. The van der Waals surface area contributed by atoms with Crippen LogP contribution in [0.25, 0.3) is 0 Å². The Labute approximate surface area is 92.3 Å². The molecular weight excluding hydrogens is 247 g/mol. The van der Waals surface area contributed by atoms with Crippen molar-refractivity contribution in [2.75, 3.05) is 0 Å². The molecule has 0 atom stereocenters. The summed E-state index contributed by atoms with van der Waals surface area (Å²) in [6.45, 7) is 0. The summed E-state index contributed by atoms with van der Waals surface area (Å²) < 4.78 is 62.3. The maximum Gasteiger partial charge on any atom is 0.459 e. The molecule has 0 saturated heterocycles. The molecule has 0 radical (unpaired) electrons. The average molecular weight is 254 g/mol. The summed E-state index contributed by atoms with van der Waals surface area (Å²) in [6, 6.07) is 0.235. The van der Waals surface area contributed by atoms with E-state index in [9.17, 15) is 22.0 Å². The zero-order chi connectivity index (χ0) is 12.8. The minimum atomic E-state index is -5.74. The molecule has 3 nitrogen and oxygen atoms in total. The molecule has 1 aromatic rings. The summed E-state index contributed by atoms with van der Waals surface area (Å²) in [5, 5.41) is 9.05. The van der Waals surface area contributed by atoms with Gasteiger partial charge in [0.25, 0.3) is 0 Å². The van der Waals surface area contributed by atoms with E-state index < -0.39 is 23.7 Å². The van der Waals surface area contributed by atoms with E-state index in [0.717, 1.165) is 0 Å². The van der Waals surface area contributed by atoms with E-state index >= 15 is 0 Å². The van der Waals surface area contributed by atoms with Crippen molar-refractivity contribution in [2.45, 2.75) is 30.9 Å². The second-order valence-corrected chi connectivity index (χ2v) is 3.82. The Morgan fingerprint density at radius 1 is 1.12 bits per heavy atom. The number of hydrogen-bond acceptors (Lipinski definition) is 3. The van der Waals surface area contributed by atoms with Crippen LogP contribution in [0.15, 0.2) is 6.07 Å². The molecule has 2 rings (SSSR count). The fourth-order valence-corrected chi connectivity index (χ4v) is 1.28. The van der Waals surface area contributed by atoms with Gasteiger partial charge in [-0.2, -0.15) is 26.9 Å². The highest BCUT2D eigenvalue weighted by atomic mass is 19.4. The third-order valence-electron chi connectivity index (χ3n) is 2.35. The van der Waals surface area contributed by atoms with E-state index in [2.05, 4.69) is 9.97 Å². The first-order valence-electron chi connectivity index (χ1n) is 4.75. The molecule has 17 heavy (non-hydrogen) atoms. The lowest BCUT2D eigenvalue weighted by Crippen LogP contribution is -2.34. The second-order valence-electron chi connectivity index (χ2n) is 3.82. The van der Waals surface area contributed by atoms with E-state index in [0.29, 0.717) is 12.8 Å². The van der Waals surface area contributed by atoms with Gasteiger partial charge in [0, 0.05) is 12.0 Å². The van der Waals surface area contributed by atoms with Crippen molar-refractivity contribution in [3.8, 4) is 5.88 Å². The largest absolute Gasteiger partial charge is 0.493 e. The Morgan fingerprint density at radius 3 is 2.18 bits per heavy atom. The predicted octanol–water partition coefficient (Wildman–Crippen LogP) is 2.71. The lowest BCUT2D eigenvalue weighted by Gasteiger charge is -2.19. The fourth-order valence-electron chi connectivity index (χ4n) is 1.28. The SMILES string of the molecule is Oc1cc(C(F)(F)C(F)(F)F)nc(C2CC2)n1. The third kappa shape index (κ3) is 2.16. The highest BCUT2D eigenvalue weighted by Crippen LogP contribution is 2.45. The van der Waals surface area contributed by atoms with E-state index in [1.165, 1.54) is 0 Å². The van der Waals surface area contributed by atoms with Gasteiger partial charge in [-0.05, 0) is 12.8 Å². The number of aromatic hydroxyl groups is 1. The Morgan fingerprint density at radius 2 is 1.71 bits per heavy atom. The highest BCUT2D eigenvalue weighted by Gasteiger charge is 2.60. The molecule has 8 heteroatoms. The minimum Gasteiger partial charge on any atom is -0.493 e. The van der Waals surface area contributed by atoms with Gasteiger partial charge in [0.1, 0.15) is 11.5 Å². The number of aromatic nitrogens is 2. The second kappa shape index (κ2) is 3.51. The van der Waals surface area contributed by atoms with Gasteiger partial charge in [0.05, 0.1) is 0 Å². The van der Waals surface area contributed by atoms with Crippen molar-refractivity contribution >= 4 is 0 Å². The normalized spacial score (nSPS) is 17.2. The number of halogens is 5. The minimum absolute atomic E-state index is 0.163. The van der Waals surface area contributed by atoms with E-state index in [4.69, 9.17) is 5.11 Å². The van der Waals surface area contributed by atoms with Crippen LogP contribution in [0.2, 0.25) is 0 Å². The van der Waals surface area contributed by atoms with Crippen molar-refractivity contribution in [1.82, 2.24) is 9.97 Å².